The van der Waals surface area contributed by atoms with Gasteiger partial charge in [0.25, 0.3) is 0 Å². The van der Waals surface area contributed by atoms with Gasteiger partial charge in [-0.05, 0) is 43.7 Å². The Morgan fingerprint density at radius 3 is 2.74 bits per heavy atom. The van der Waals surface area contributed by atoms with E-state index in [0.717, 1.165) is 36.8 Å². The number of hydrogen-bond donors (Lipinski definition) is 3. The second-order valence-electron chi connectivity index (χ2n) is 6.83. The number of ether oxygens (including phenoxy) is 1. The van der Waals surface area contributed by atoms with Crippen LogP contribution >= 0.6 is 0 Å². The Morgan fingerprint density at radius 2 is 2.04 bits per heavy atom. The van der Waals surface area contributed by atoms with Gasteiger partial charge in [-0.15, -0.1) is 0 Å². The van der Waals surface area contributed by atoms with Crippen LogP contribution in [0.5, 0.6) is 11.5 Å². The molecule has 144 valence electrons. The van der Waals surface area contributed by atoms with Crippen molar-refractivity contribution in [3.8, 4) is 11.5 Å². The summed E-state index contributed by atoms with van der Waals surface area (Å²) in [5.41, 5.74) is 3.30. The lowest BCUT2D eigenvalue weighted by atomic mass is 10.2. The Hall–Kier alpha value is -2.89. The Morgan fingerprint density at radius 1 is 1.26 bits per heavy atom. The standard InChI is InChI=1S/C21H28N4O2/c1-15-4-6-18(7-5-15)25-11-10-17(14-25)24-21(22-2)23-13-16-12-19(27-3)8-9-20(16)26/h4-9,12,17,26H,10-11,13-14H2,1-3H3,(H2,22,23,24). The number of phenols is 1. The van der Waals surface area contributed by atoms with Gasteiger partial charge in [0.2, 0.25) is 0 Å². The Kier molecular flexibility index (Phi) is 6.06. The molecular formula is C21H28N4O2. The van der Waals surface area contributed by atoms with Crippen LogP contribution in [0.25, 0.3) is 0 Å². The molecule has 0 amide bonds. The molecule has 0 spiro atoms. The predicted molar refractivity (Wildman–Crippen MR) is 110 cm³/mol. The Labute approximate surface area is 160 Å². The van der Waals surface area contributed by atoms with Gasteiger partial charge >= 0.3 is 0 Å². The van der Waals surface area contributed by atoms with Crippen LogP contribution in [0.1, 0.15) is 17.5 Å². The number of methoxy groups -OCH3 is 1. The number of aryl methyl sites for hydroxylation is 1. The quantitative estimate of drug-likeness (QED) is 0.559. The van der Waals surface area contributed by atoms with E-state index in [-0.39, 0.29) is 5.75 Å². The fourth-order valence-electron chi connectivity index (χ4n) is 3.27. The second-order valence-corrected chi connectivity index (χ2v) is 6.83. The van der Waals surface area contributed by atoms with Crippen molar-refractivity contribution in [2.45, 2.75) is 25.9 Å². The SMILES string of the molecule is CN=C(NCc1cc(OC)ccc1O)NC1CCN(c2ccc(C)cc2)C1. The molecule has 1 aliphatic heterocycles. The summed E-state index contributed by atoms with van der Waals surface area (Å²) >= 11 is 0. The third kappa shape index (κ3) is 4.84. The first-order valence-electron chi connectivity index (χ1n) is 9.23. The van der Waals surface area contributed by atoms with E-state index >= 15 is 0 Å². The maximum atomic E-state index is 10.0. The van der Waals surface area contributed by atoms with Gasteiger partial charge in [0, 0.05) is 44.0 Å². The minimum absolute atomic E-state index is 0.241. The number of benzene rings is 2. The van der Waals surface area contributed by atoms with Crippen molar-refractivity contribution < 1.29 is 9.84 Å². The zero-order valence-electron chi connectivity index (χ0n) is 16.2. The summed E-state index contributed by atoms with van der Waals surface area (Å²) in [6.45, 7) is 4.54. The number of nitrogens with zero attached hydrogens (tertiary/aromatic N) is 2. The number of anilines is 1. The van der Waals surface area contributed by atoms with Gasteiger partial charge in [-0.1, -0.05) is 17.7 Å². The van der Waals surface area contributed by atoms with E-state index in [9.17, 15) is 5.11 Å². The van der Waals surface area contributed by atoms with E-state index in [1.807, 2.05) is 6.07 Å². The van der Waals surface area contributed by atoms with Crippen LogP contribution < -0.4 is 20.3 Å². The smallest absolute Gasteiger partial charge is 0.191 e. The Balaban J connectivity index is 1.54. The molecule has 1 unspecified atom stereocenters. The van der Waals surface area contributed by atoms with Crippen LogP contribution in [0, 0.1) is 6.92 Å². The number of hydrogen-bond acceptors (Lipinski definition) is 4. The zero-order chi connectivity index (χ0) is 19.2. The van der Waals surface area contributed by atoms with Crippen LogP contribution in [0.15, 0.2) is 47.5 Å². The molecule has 0 saturated carbocycles. The van der Waals surface area contributed by atoms with E-state index in [0.29, 0.717) is 12.6 Å². The average Bonchev–Trinajstić information content (AvgIpc) is 3.15. The van der Waals surface area contributed by atoms with Crippen molar-refractivity contribution in [1.82, 2.24) is 10.6 Å². The first kappa shape index (κ1) is 18.9. The molecule has 1 heterocycles. The number of aromatic hydroxyl groups is 1. The highest BCUT2D eigenvalue weighted by Crippen LogP contribution is 2.23. The van der Waals surface area contributed by atoms with Crippen LogP contribution in [0.3, 0.4) is 0 Å². The van der Waals surface area contributed by atoms with Gasteiger partial charge in [-0.3, -0.25) is 4.99 Å². The summed E-state index contributed by atoms with van der Waals surface area (Å²) in [5.74, 6) is 1.69. The van der Waals surface area contributed by atoms with Crippen molar-refractivity contribution in [1.29, 1.82) is 0 Å². The Bertz CT molecular complexity index is 789. The van der Waals surface area contributed by atoms with E-state index in [1.165, 1.54) is 11.3 Å². The lowest BCUT2D eigenvalue weighted by Gasteiger charge is -2.20. The van der Waals surface area contributed by atoms with Gasteiger partial charge in [0.05, 0.1) is 7.11 Å². The molecule has 1 atom stereocenters. The van der Waals surface area contributed by atoms with Crippen molar-refractivity contribution >= 4 is 11.6 Å². The fourth-order valence-corrected chi connectivity index (χ4v) is 3.27. The van der Waals surface area contributed by atoms with Gasteiger partial charge in [-0.25, -0.2) is 0 Å². The first-order chi connectivity index (χ1) is 13.1. The van der Waals surface area contributed by atoms with E-state index in [2.05, 4.69) is 51.7 Å². The van der Waals surface area contributed by atoms with Crippen molar-refractivity contribution in [2.75, 3.05) is 32.1 Å². The third-order valence-corrected chi connectivity index (χ3v) is 4.88. The largest absolute Gasteiger partial charge is 0.508 e. The minimum atomic E-state index is 0.241. The summed E-state index contributed by atoms with van der Waals surface area (Å²) in [4.78, 5) is 6.70. The van der Waals surface area contributed by atoms with Crippen LogP contribution in [-0.2, 0) is 6.54 Å². The number of nitrogens with one attached hydrogen (secondary N) is 2. The molecule has 1 fully saturated rings. The van der Waals surface area contributed by atoms with Gasteiger partial charge < -0.3 is 25.4 Å². The first-order valence-corrected chi connectivity index (χ1v) is 9.23. The molecule has 1 aliphatic rings. The molecule has 3 N–H and O–H groups in total. The van der Waals surface area contributed by atoms with E-state index < -0.39 is 0 Å². The topological polar surface area (TPSA) is 69.1 Å². The minimum Gasteiger partial charge on any atom is -0.508 e. The van der Waals surface area contributed by atoms with Crippen molar-refractivity contribution in [2.24, 2.45) is 4.99 Å². The summed E-state index contributed by atoms with van der Waals surface area (Å²) < 4.78 is 5.22. The van der Waals surface area contributed by atoms with Crippen molar-refractivity contribution in [3.05, 3.63) is 53.6 Å². The molecule has 6 nitrogen and oxygen atoms in total. The summed E-state index contributed by atoms with van der Waals surface area (Å²) in [6.07, 6.45) is 1.05. The number of phenolic OH excluding ortho intramolecular Hbond substituents is 1. The van der Waals surface area contributed by atoms with Gasteiger partial charge in [0.1, 0.15) is 11.5 Å². The number of rotatable bonds is 5. The second kappa shape index (κ2) is 8.66. The van der Waals surface area contributed by atoms with Crippen molar-refractivity contribution in [3.63, 3.8) is 0 Å². The molecule has 2 aromatic rings. The van der Waals surface area contributed by atoms with E-state index in [4.69, 9.17) is 4.74 Å². The molecular weight excluding hydrogens is 340 g/mol. The molecule has 6 heteroatoms. The summed E-state index contributed by atoms with van der Waals surface area (Å²) in [5, 5.41) is 16.8. The van der Waals surface area contributed by atoms with E-state index in [1.54, 1.807) is 26.3 Å². The van der Waals surface area contributed by atoms with Crippen LogP contribution in [0.4, 0.5) is 5.69 Å². The highest BCUT2D eigenvalue weighted by molar-refractivity contribution is 5.80. The molecule has 0 aromatic heterocycles. The average molecular weight is 368 g/mol. The third-order valence-electron chi connectivity index (χ3n) is 4.88. The fraction of sp³-hybridized carbons (Fsp3) is 0.381. The molecule has 2 aromatic carbocycles. The number of aliphatic imine (C=N–C) groups is 1. The molecule has 0 bridgehead atoms. The summed E-state index contributed by atoms with van der Waals surface area (Å²) in [6, 6.07) is 14.2. The molecule has 0 radical (unpaired) electrons. The molecule has 3 rings (SSSR count). The highest BCUT2D eigenvalue weighted by Gasteiger charge is 2.23. The normalized spacial score (nSPS) is 17.1. The maximum Gasteiger partial charge on any atom is 0.191 e. The predicted octanol–water partition coefficient (Wildman–Crippen LogP) is 2.65. The number of guanidine groups is 1. The maximum absolute atomic E-state index is 10.0. The molecule has 27 heavy (non-hydrogen) atoms. The monoisotopic (exact) mass is 368 g/mol. The lowest BCUT2D eigenvalue weighted by molar-refractivity contribution is 0.410. The summed E-state index contributed by atoms with van der Waals surface area (Å²) in [7, 11) is 3.37. The van der Waals surface area contributed by atoms with Crippen LogP contribution in [0.2, 0.25) is 0 Å². The lowest BCUT2D eigenvalue weighted by Crippen LogP contribution is -2.44. The highest BCUT2D eigenvalue weighted by atomic mass is 16.5. The van der Waals surface area contributed by atoms with Gasteiger partial charge in [-0.2, -0.15) is 0 Å². The molecule has 1 saturated heterocycles. The molecule has 0 aliphatic carbocycles. The zero-order valence-corrected chi connectivity index (χ0v) is 16.2. The van der Waals surface area contributed by atoms with Crippen LogP contribution in [-0.4, -0.2) is 44.4 Å². The van der Waals surface area contributed by atoms with Gasteiger partial charge in [0.15, 0.2) is 5.96 Å².